The lowest BCUT2D eigenvalue weighted by atomic mass is 9.78. The molecule has 0 N–H and O–H groups in total. The van der Waals surface area contributed by atoms with Gasteiger partial charge in [0.05, 0.1) is 10.6 Å². The lowest BCUT2D eigenvalue weighted by Crippen LogP contribution is -2.12. The molecule has 1 aliphatic rings. The fourth-order valence-electron chi connectivity index (χ4n) is 3.57. The minimum Gasteiger partial charge on any atom is -0.206 e. The van der Waals surface area contributed by atoms with Crippen LogP contribution < -0.4 is 0 Å². The fraction of sp³-hybridized carbons (Fsp3) is 0.304. The molecule has 0 bridgehead atoms. The zero-order valence-corrected chi connectivity index (χ0v) is 15.8. The number of allylic oxidation sites excluding steroid dienone is 2. The highest BCUT2D eigenvalue weighted by molar-refractivity contribution is 6.30. The summed E-state index contributed by atoms with van der Waals surface area (Å²) in [6, 6.07) is 6.78. The van der Waals surface area contributed by atoms with Gasteiger partial charge in [-0.15, -0.1) is 0 Å². The van der Waals surface area contributed by atoms with Gasteiger partial charge in [-0.1, -0.05) is 35.6 Å². The van der Waals surface area contributed by atoms with Crippen LogP contribution in [0.2, 0.25) is 5.02 Å². The summed E-state index contributed by atoms with van der Waals surface area (Å²) in [4.78, 5) is 0. The molecule has 0 amide bonds. The van der Waals surface area contributed by atoms with E-state index < -0.39 is 17.5 Å². The van der Waals surface area contributed by atoms with E-state index >= 15 is 0 Å². The highest BCUT2D eigenvalue weighted by Crippen LogP contribution is 2.37. The van der Waals surface area contributed by atoms with Crippen molar-refractivity contribution in [1.82, 2.24) is 0 Å². The first-order valence-electron chi connectivity index (χ1n) is 9.06. The molecule has 3 rings (SSSR count). The van der Waals surface area contributed by atoms with Crippen LogP contribution in [0.5, 0.6) is 0 Å². The Bertz CT molecular complexity index is 890. The second kappa shape index (κ2) is 8.67. The van der Waals surface area contributed by atoms with Crippen molar-refractivity contribution in [2.75, 3.05) is 0 Å². The summed E-state index contributed by atoms with van der Waals surface area (Å²) < 4.78 is 42.4. The largest absolute Gasteiger partial charge is 0.206 e. The molecule has 0 nitrogen and oxygen atoms in total. The minimum atomic E-state index is -0.678. The van der Waals surface area contributed by atoms with Gasteiger partial charge in [0, 0.05) is 5.56 Å². The van der Waals surface area contributed by atoms with E-state index in [4.69, 9.17) is 11.6 Å². The summed E-state index contributed by atoms with van der Waals surface area (Å²) >= 11 is 5.62. The van der Waals surface area contributed by atoms with E-state index in [1.165, 1.54) is 24.3 Å². The Kier molecular flexibility index (Phi) is 6.29. The van der Waals surface area contributed by atoms with Crippen molar-refractivity contribution in [3.63, 3.8) is 0 Å². The normalized spacial score (nSPS) is 19.7. The van der Waals surface area contributed by atoms with Gasteiger partial charge in [-0.3, -0.25) is 0 Å². The molecule has 0 heterocycles. The lowest BCUT2D eigenvalue weighted by molar-refractivity contribution is 0.374. The zero-order chi connectivity index (χ0) is 19.4. The van der Waals surface area contributed by atoms with Crippen molar-refractivity contribution in [3.8, 4) is 11.8 Å². The first kappa shape index (κ1) is 19.6. The van der Waals surface area contributed by atoms with Gasteiger partial charge in [-0.2, -0.15) is 0 Å². The molecule has 2 aromatic rings. The maximum absolute atomic E-state index is 14.5. The van der Waals surface area contributed by atoms with Crippen molar-refractivity contribution >= 4 is 11.6 Å². The second-order valence-corrected chi connectivity index (χ2v) is 7.28. The number of halogens is 4. The summed E-state index contributed by atoms with van der Waals surface area (Å²) in [5.41, 5.74) is 0.700. The van der Waals surface area contributed by atoms with Crippen LogP contribution in [0.15, 0.2) is 42.5 Å². The third-order valence-electron chi connectivity index (χ3n) is 5.02. The Morgan fingerprint density at radius 2 is 1.59 bits per heavy atom. The molecule has 0 spiro atoms. The van der Waals surface area contributed by atoms with Crippen LogP contribution in [0, 0.1) is 35.2 Å². The molecule has 1 saturated carbocycles. The number of hydrogen-bond acceptors (Lipinski definition) is 0. The molecule has 0 aromatic heterocycles. The Morgan fingerprint density at radius 1 is 0.926 bits per heavy atom. The topological polar surface area (TPSA) is 0 Å². The third kappa shape index (κ3) is 4.76. The highest BCUT2D eigenvalue weighted by Gasteiger charge is 2.22. The van der Waals surface area contributed by atoms with Crippen molar-refractivity contribution in [2.24, 2.45) is 5.92 Å². The summed E-state index contributed by atoms with van der Waals surface area (Å²) in [5, 5.41) is -0.0218. The third-order valence-corrected chi connectivity index (χ3v) is 5.33. The monoisotopic (exact) mass is 388 g/mol. The Morgan fingerprint density at radius 3 is 2.19 bits per heavy atom. The second-order valence-electron chi connectivity index (χ2n) is 6.88. The molecule has 0 atom stereocenters. The van der Waals surface area contributed by atoms with Gasteiger partial charge in [0.25, 0.3) is 0 Å². The van der Waals surface area contributed by atoms with Crippen LogP contribution >= 0.6 is 11.6 Å². The molecule has 140 valence electrons. The van der Waals surface area contributed by atoms with Gasteiger partial charge in [-0.25, -0.2) is 13.2 Å². The summed E-state index contributed by atoms with van der Waals surface area (Å²) in [6.45, 7) is 2.01. The highest BCUT2D eigenvalue weighted by atomic mass is 35.5. The van der Waals surface area contributed by atoms with Crippen LogP contribution in [-0.4, -0.2) is 0 Å². The quantitative estimate of drug-likeness (QED) is 0.383. The molecule has 27 heavy (non-hydrogen) atoms. The smallest absolute Gasteiger partial charge is 0.143 e. The predicted octanol–water partition coefficient (Wildman–Crippen LogP) is 7.01. The molecular weight excluding hydrogens is 369 g/mol. The van der Waals surface area contributed by atoms with Crippen LogP contribution in [0.25, 0.3) is 0 Å². The Balaban J connectivity index is 1.80. The van der Waals surface area contributed by atoms with E-state index in [1.54, 1.807) is 0 Å². The van der Waals surface area contributed by atoms with Crippen molar-refractivity contribution < 1.29 is 13.2 Å². The Hall–Kier alpha value is -2.18. The molecule has 0 saturated heterocycles. The fourth-order valence-corrected chi connectivity index (χ4v) is 3.69. The number of hydrogen-bond donors (Lipinski definition) is 0. The van der Waals surface area contributed by atoms with Gasteiger partial charge in [0.2, 0.25) is 0 Å². The van der Waals surface area contributed by atoms with Crippen LogP contribution in [0.3, 0.4) is 0 Å². The first-order valence-corrected chi connectivity index (χ1v) is 9.44. The number of rotatable bonds is 2. The van der Waals surface area contributed by atoms with E-state index in [0.29, 0.717) is 17.0 Å². The standard InChI is InChI=1S/C23H20ClF3/c1-2-3-15-4-8-17(9-5-15)18-13-21(25)19(22(26)14-18)10-6-16-7-11-20(24)23(27)12-16/h2-3,7,11-15,17H,4-5,8-9H2,1H3/t15-,17-. The van der Waals surface area contributed by atoms with E-state index in [1.807, 2.05) is 6.92 Å². The average molecular weight is 389 g/mol. The summed E-state index contributed by atoms with van der Waals surface area (Å²) in [7, 11) is 0. The van der Waals surface area contributed by atoms with Gasteiger partial charge in [-0.05, 0) is 80.3 Å². The summed E-state index contributed by atoms with van der Waals surface area (Å²) in [5.74, 6) is 3.83. The summed E-state index contributed by atoms with van der Waals surface area (Å²) in [6.07, 6.45) is 8.16. The maximum atomic E-state index is 14.5. The van der Waals surface area contributed by atoms with Gasteiger partial charge in [0.15, 0.2) is 0 Å². The van der Waals surface area contributed by atoms with E-state index in [2.05, 4.69) is 24.0 Å². The van der Waals surface area contributed by atoms with Crippen LogP contribution in [-0.2, 0) is 0 Å². The molecule has 0 unspecified atom stereocenters. The first-order chi connectivity index (χ1) is 13.0. The van der Waals surface area contributed by atoms with Crippen LogP contribution in [0.4, 0.5) is 13.2 Å². The maximum Gasteiger partial charge on any atom is 0.143 e. The predicted molar refractivity (Wildman–Crippen MR) is 103 cm³/mol. The van der Waals surface area contributed by atoms with Gasteiger partial charge < -0.3 is 0 Å². The SMILES string of the molecule is CC=C[C@H]1CC[C@H](c2cc(F)c(C#Cc3ccc(Cl)c(F)c3)c(F)c2)CC1. The average Bonchev–Trinajstić information content (AvgIpc) is 2.64. The Labute approximate surface area is 163 Å². The van der Waals surface area contributed by atoms with Crippen molar-refractivity contribution in [2.45, 2.75) is 38.5 Å². The van der Waals surface area contributed by atoms with Gasteiger partial charge in [0.1, 0.15) is 17.5 Å². The van der Waals surface area contributed by atoms with Gasteiger partial charge >= 0.3 is 0 Å². The van der Waals surface area contributed by atoms with E-state index in [0.717, 1.165) is 31.7 Å². The molecule has 4 heteroatoms. The molecular formula is C23H20ClF3. The minimum absolute atomic E-state index is 0.0218. The lowest BCUT2D eigenvalue weighted by Gasteiger charge is -2.27. The van der Waals surface area contributed by atoms with E-state index in [9.17, 15) is 13.2 Å². The number of benzene rings is 2. The molecule has 0 aliphatic heterocycles. The van der Waals surface area contributed by atoms with E-state index in [-0.39, 0.29) is 16.5 Å². The zero-order valence-electron chi connectivity index (χ0n) is 15.0. The molecule has 2 aromatic carbocycles. The van der Waals surface area contributed by atoms with Crippen molar-refractivity contribution in [1.29, 1.82) is 0 Å². The van der Waals surface area contributed by atoms with Crippen LogP contribution in [0.1, 0.15) is 55.2 Å². The van der Waals surface area contributed by atoms with Crippen molar-refractivity contribution in [3.05, 3.63) is 81.6 Å². The molecule has 1 aliphatic carbocycles. The molecule has 0 radical (unpaired) electrons. The molecule has 1 fully saturated rings.